The van der Waals surface area contributed by atoms with Crippen molar-refractivity contribution in [2.45, 2.75) is 89.4 Å². The Morgan fingerprint density at radius 2 is 1.68 bits per heavy atom. The second-order valence-electron chi connectivity index (χ2n) is 10.5. The summed E-state index contributed by atoms with van der Waals surface area (Å²) in [5, 5.41) is 11.1. The largest absolute Gasteiger partial charge is 0.377 e. The highest BCUT2D eigenvalue weighted by molar-refractivity contribution is 5.02. The van der Waals surface area contributed by atoms with Gasteiger partial charge in [0.25, 0.3) is 0 Å². The van der Waals surface area contributed by atoms with Gasteiger partial charge in [0.2, 0.25) is 0 Å². The fraction of sp³-hybridized carbons (Fsp3) is 0.920. The van der Waals surface area contributed by atoms with Gasteiger partial charge in [-0.05, 0) is 86.9 Å². The summed E-state index contributed by atoms with van der Waals surface area (Å²) in [5.74, 6) is 4.88. The van der Waals surface area contributed by atoms with Gasteiger partial charge in [-0.3, -0.25) is 0 Å². The molecule has 0 aromatic heterocycles. The van der Waals surface area contributed by atoms with E-state index in [2.05, 4.69) is 12.2 Å². The molecule has 8 atom stereocenters. The SMILES string of the molecule is OC(OCC1C2CC=CCC2CC2CCCCC21)C1CCCCOC1C1CC1. The van der Waals surface area contributed by atoms with Crippen LogP contribution in [0.2, 0.25) is 0 Å². The molecular formula is C25H40O3. The number of rotatable bonds is 5. The molecule has 158 valence electrons. The molecule has 3 heteroatoms. The monoisotopic (exact) mass is 388 g/mol. The maximum Gasteiger partial charge on any atom is 0.159 e. The minimum atomic E-state index is -0.634. The number of aliphatic hydroxyl groups excluding tert-OH is 1. The fourth-order valence-corrected chi connectivity index (χ4v) is 7.27. The summed E-state index contributed by atoms with van der Waals surface area (Å²) in [6.45, 7) is 1.64. The highest BCUT2D eigenvalue weighted by Gasteiger charge is 2.46. The lowest BCUT2D eigenvalue weighted by Gasteiger charge is -2.50. The lowest BCUT2D eigenvalue weighted by atomic mass is 9.56. The number of aliphatic hydroxyl groups is 1. The minimum Gasteiger partial charge on any atom is -0.377 e. The second-order valence-corrected chi connectivity index (χ2v) is 10.5. The standard InChI is InChI=1S/C25H40O3/c26-25(22-11-5-6-14-27-24(22)17-12-13-17)28-16-23-20-9-3-1-7-18(20)15-19-8-2-4-10-21(19)23/h1,3,17-26H,2,4-16H2. The van der Waals surface area contributed by atoms with E-state index in [0.717, 1.165) is 56.1 Å². The molecule has 1 heterocycles. The van der Waals surface area contributed by atoms with E-state index < -0.39 is 6.29 Å². The van der Waals surface area contributed by atoms with Crippen LogP contribution in [0, 0.1) is 41.4 Å². The molecule has 28 heavy (non-hydrogen) atoms. The third-order valence-corrected chi connectivity index (χ3v) is 8.87. The zero-order valence-electron chi connectivity index (χ0n) is 17.5. The van der Waals surface area contributed by atoms with Gasteiger partial charge in [-0.1, -0.05) is 37.8 Å². The Hall–Kier alpha value is -0.380. The third-order valence-electron chi connectivity index (χ3n) is 8.87. The van der Waals surface area contributed by atoms with Crippen LogP contribution in [0.15, 0.2) is 12.2 Å². The van der Waals surface area contributed by atoms with Gasteiger partial charge in [-0.25, -0.2) is 0 Å². The van der Waals surface area contributed by atoms with E-state index in [1.165, 1.54) is 57.8 Å². The van der Waals surface area contributed by atoms with Gasteiger partial charge in [-0.2, -0.15) is 0 Å². The lowest BCUT2D eigenvalue weighted by Crippen LogP contribution is -2.45. The van der Waals surface area contributed by atoms with E-state index in [4.69, 9.17) is 9.47 Å². The molecule has 0 spiro atoms. The molecule has 4 fully saturated rings. The van der Waals surface area contributed by atoms with Crippen LogP contribution in [0.1, 0.15) is 77.0 Å². The van der Waals surface area contributed by atoms with Crippen LogP contribution >= 0.6 is 0 Å². The normalized spacial score (nSPS) is 45.0. The molecule has 4 aliphatic carbocycles. The summed E-state index contributed by atoms with van der Waals surface area (Å²) in [5.41, 5.74) is 0. The van der Waals surface area contributed by atoms with Gasteiger partial charge in [0, 0.05) is 12.5 Å². The topological polar surface area (TPSA) is 38.7 Å². The zero-order chi connectivity index (χ0) is 18.9. The Kier molecular flexibility index (Phi) is 6.14. The van der Waals surface area contributed by atoms with Crippen LogP contribution < -0.4 is 0 Å². The molecule has 0 aromatic carbocycles. The molecule has 1 saturated heterocycles. The number of fused-ring (bicyclic) bond motifs is 2. The lowest BCUT2D eigenvalue weighted by molar-refractivity contribution is -0.186. The molecule has 3 saturated carbocycles. The van der Waals surface area contributed by atoms with Crippen molar-refractivity contribution in [1.29, 1.82) is 0 Å². The van der Waals surface area contributed by atoms with Gasteiger partial charge in [0.1, 0.15) is 0 Å². The molecule has 1 aliphatic heterocycles. The fourth-order valence-electron chi connectivity index (χ4n) is 7.27. The van der Waals surface area contributed by atoms with Crippen molar-refractivity contribution < 1.29 is 14.6 Å². The van der Waals surface area contributed by atoms with E-state index in [9.17, 15) is 5.11 Å². The van der Waals surface area contributed by atoms with Gasteiger partial charge in [0.15, 0.2) is 6.29 Å². The quantitative estimate of drug-likeness (QED) is 0.511. The Morgan fingerprint density at radius 1 is 0.857 bits per heavy atom. The first-order valence-electron chi connectivity index (χ1n) is 12.4. The maximum absolute atomic E-state index is 11.1. The van der Waals surface area contributed by atoms with Crippen LogP contribution in [-0.2, 0) is 9.47 Å². The van der Waals surface area contributed by atoms with E-state index in [0.29, 0.717) is 11.8 Å². The Balaban J connectivity index is 1.26. The molecule has 8 unspecified atom stereocenters. The number of allylic oxidation sites excluding steroid dienone is 2. The Labute approximate surface area is 171 Å². The third kappa shape index (κ3) is 4.09. The summed E-state index contributed by atoms with van der Waals surface area (Å²) in [6, 6.07) is 0. The van der Waals surface area contributed by atoms with Crippen molar-refractivity contribution in [3.8, 4) is 0 Å². The van der Waals surface area contributed by atoms with Gasteiger partial charge < -0.3 is 14.6 Å². The van der Waals surface area contributed by atoms with Crippen molar-refractivity contribution in [2.75, 3.05) is 13.2 Å². The molecule has 5 rings (SSSR count). The number of hydrogen-bond donors (Lipinski definition) is 1. The number of ether oxygens (including phenoxy) is 2. The highest BCUT2D eigenvalue weighted by atomic mass is 16.6. The van der Waals surface area contributed by atoms with E-state index in [1.807, 2.05) is 0 Å². The van der Waals surface area contributed by atoms with E-state index >= 15 is 0 Å². The average molecular weight is 389 g/mol. The molecule has 0 aromatic rings. The van der Waals surface area contributed by atoms with Gasteiger partial charge in [0.05, 0.1) is 12.7 Å². The first-order valence-corrected chi connectivity index (χ1v) is 12.4. The van der Waals surface area contributed by atoms with Crippen LogP contribution in [0.5, 0.6) is 0 Å². The van der Waals surface area contributed by atoms with Crippen LogP contribution in [0.3, 0.4) is 0 Å². The summed E-state index contributed by atoms with van der Waals surface area (Å²) in [6.07, 6.45) is 19.9. The summed E-state index contributed by atoms with van der Waals surface area (Å²) in [4.78, 5) is 0. The summed E-state index contributed by atoms with van der Waals surface area (Å²) >= 11 is 0. The van der Waals surface area contributed by atoms with Crippen molar-refractivity contribution in [1.82, 2.24) is 0 Å². The van der Waals surface area contributed by atoms with Gasteiger partial charge >= 0.3 is 0 Å². The van der Waals surface area contributed by atoms with Crippen molar-refractivity contribution in [3.63, 3.8) is 0 Å². The Morgan fingerprint density at radius 3 is 2.57 bits per heavy atom. The minimum absolute atomic E-state index is 0.183. The second kappa shape index (κ2) is 8.78. The van der Waals surface area contributed by atoms with Crippen molar-refractivity contribution in [3.05, 3.63) is 12.2 Å². The molecule has 0 bridgehead atoms. The first kappa shape index (κ1) is 19.6. The Bertz CT molecular complexity index is 542. The molecule has 0 radical (unpaired) electrons. The summed E-state index contributed by atoms with van der Waals surface area (Å²) in [7, 11) is 0. The van der Waals surface area contributed by atoms with E-state index in [-0.39, 0.29) is 12.0 Å². The molecule has 3 nitrogen and oxygen atoms in total. The predicted molar refractivity (Wildman–Crippen MR) is 111 cm³/mol. The molecular weight excluding hydrogens is 348 g/mol. The molecule has 0 amide bonds. The van der Waals surface area contributed by atoms with Crippen molar-refractivity contribution >= 4 is 0 Å². The molecule has 1 N–H and O–H groups in total. The predicted octanol–water partition coefficient (Wildman–Crippen LogP) is 5.33. The van der Waals surface area contributed by atoms with Crippen LogP contribution in [0.4, 0.5) is 0 Å². The van der Waals surface area contributed by atoms with Crippen LogP contribution in [0.25, 0.3) is 0 Å². The van der Waals surface area contributed by atoms with Crippen molar-refractivity contribution in [2.24, 2.45) is 41.4 Å². The molecule has 5 aliphatic rings. The van der Waals surface area contributed by atoms with E-state index in [1.54, 1.807) is 0 Å². The van der Waals surface area contributed by atoms with Gasteiger partial charge in [-0.15, -0.1) is 0 Å². The number of hydrogen-bond acceptors (Lipinski definition) is 3. The average Bonchev–Trinajstić information content (AvgIpc) is 3.57. The zero-order valence-corrected chi connectivity index (χ0v) is 17.5. The van der Waals surface area contributed by atoms with Crippen LogP contribution in [-0.4, -0.2) is 30.7 Å². The first-order chi connectivity index (χ1) is 13.8. The smallest absolute Gasteiger partial charge is 0.159 e. The highest BCUT2D eigenvalue weighted by Crippen LogP contribution is 2.52. The summed E-state index contributed by atoms with van der Waals surface area (Å²) < 4.78 is 12.5. The maximum atomic E-state index is 11.1.